The topological polar surface area (TPSA) is 117 Å². The van der Waals surface area contributed by atoms with Crippen molar-refractivity contribution in [3.8, 4) is 5.75 Å². The van der Waals surface area contributed by atoms with Crippen molar-refractivity contribution in [1.82, 2.24) is 4.90 Å². The molecule has 3 rings (SSSR count). The van der Waals surface area contributed by atoms with Crippen LogP contribution in [0.15, 0.2) is 48.5 Å². The van der Waals surface area contributed by atoms with E-state index in [2.05, 4.69) is 15.4 Å². The molecule has 1 fully saturated rings. The lowest BCUT2D eigenvalue weighted by Crippen LogP contribution is -2.45. The van der Waals surface area contributed by atoms with Crippen LogP contribution in [0, 0.1) is 5.92 Å². The molecule has 9 nitrogen and oxygen atoms in total. The lowest BCUT2D eigenvalue weighted by molar-refractivity contribution is -0.121. The summed E-state index contributed by atoms with van der Waals surface area (Å²) in [5, 5.41) is 5.69. The molecule has 3 N–H and O–H groups in total. The first-order valence-corrected chi connectivity index (χ1v) is 12.1. The van der Waals surface area contributed by atoms with Crippen LogP contribution in [0.25, 0.3) is 0 Å². The number of anilines is 3. The Morgan fingerprint density at radius 2 is 1.84 bits per heavy atom. The van der Waals surface area contributed by atoms with Gasteiger partial charge < -0.3 is 20.3 Å². The summed E-state index contributed by atoms with van der Waals surface area (Å²) < 4.78 is 31.4. The highest BCUT2D eigenvalue weighted by atomic mass is 32.2. The third kappa shape index (κ3) is 6.13. The van der Waals surface area contributed by atoms with E-state index in [0.717, 1.165) is 6.42 Å². The summed E-state index contributed by atoms with van der Waals surface area (Å²) in [5.41, 5.74) is 1.49. The number of amides is 3. The minimum atomic E-state index is -3.46. The summed E-state index contributed by atoms with van der Waals surface area (Å²) in [7, 11) is -2.03. The van der Waals surface area contributed by atoms with Crippen LogP contribution in [0.3, 0.4) is 0 Å². The molecule has 2 aromatic carbocycles. The van der Waals surface area contributed by atoms with E-state index in [-0.39, 0.29) is 23.6 Å². The maximum absolute atomic E-state index is 12.8. The van der Waals surface area contributed by atoms with Crippen LogP contribution in [0.5, 0.6) is 5.75 Å². The van der Waals surface area contributed by atoms with E-state index in [0.29, 0.717) is 42.3 Å². The normalized spacial score (nSPS) is 16.2. The molecule has 1 saturated heterocycles. The van der Waals surface area contributed by atoms with E-state index in [9.17, 15) is 18.0 Å². The Kier molecular flexibility index (Phi) is 7.57. The van der Waals surface area contributed by atoms with Crippen LogP contribution in [0.4, 0.5) is 21.9 Å². The molecule has 10 heteroatoms. The maximum Gasteiger partial charge on any atom is 0.321 e. The van der Waals surface area contributed by atoms with Crippen molar-refractivity contribution in [3.05, 3.63) is 48.5 Å². The Morgan fingerprint density at radius 3 is 2.53 bits per heavy atom. The molecular formula is C22H28N4O5S. The molecule has 0 radical (unpaired) electrons. The second-order valence-electron chi connectivity index (χ2n) is 7.49. The van der Waals surface area contributed by atoms with Crippen molar-refractivity contribution in [3.63, 3.8) is 0 Å². The number of carbonyl (C=O) groups excluding carboxylic acids is 2. The molecule has 0 aliphatic carbocycles. The fourth-order valence-electron chi connectivity index (χ4n) is 3.44. The van der Waals surface area contributed by atoms with Crippen LogP contribution in [0.1, 0.15) is 19.8 Å². The molecule has 1 unspecified atom stereocenters. The van der Waals surface area contributed by atoms with Gasteiger partial charge in [0.1, 0.15) is 5.75 Å². The van der Waals surface area contributed by atoms with Crippen LogP contribution in [0.2, 0.25) is 0 Å². The zero-order valence-corrected chi connectivity index (χ0v) is 18.9. The van der Waals surface area contributed by atoms with Crippen LogP contribution in [-0.2, 0) is 14.8 Å². The molecule has 32 heavy (non-hydrogen) atoms. The van der Waals surface area contributed by atoms with Crippen molar-refractivity contribution in [1.29, 1.82) is 0 Å². The molecule has 1 atom stereocenters. The Bertz CT molecular complexity index is 1060. The molecule has 1 heterocycles. The molecule has 2 aromatic rings. The van der Waals surface area contributed by atoms with Crippen LogP contribution in [-0.4, -0.2) is 51.2 Å². The first-order chi connectivity index (χ1) is 15.3. The van der Waals surface area contributed by atoms with Gasteiger partial charge in [-0.3, -0.25) is 9.52 Å². The average molecular weight is 461 g/mol. The largest absolute Gasteiger partial charge is 0.494 e. The minimum absolute atomic E-state index is 0.0648. The van der Waals surface area contributed by atoms with Gasteiger partial charge in [-0.15, -0.1) is 0 Å². The highest BCUT2D eigenvalue weighted by Gasteiger charge is 2.28. The highest BCUT2D eigenvalue weighted by molar-refractivity contribution is 7.92. The van der Waals surface area contributed by atoms with E-state index in [1.165, 1.54) is 14.0 Å². The monoisotopic (exact) mass is 460 g/mol. The van der Waals surface area contributed by atoms with Gasteiger partial charge in [0.15, 0.2) is 0 Å². The molecule has 0 spiro atoms. The second kappa shape index (κ2) is 10.4. The van der Waals surface area contributed by atoms with Crippen molar-refractivity contribution >= 4 is 39.0 Å². The number of hydrogen-bond acceptors (Lipinski definition) is 5. The number of carbonyl (C=O) groups is 2. The van der Waals surface area contributed by atoms with E-state index in [4.69, 9.17) is 4.74 Å². The molecular weight excluding hydrogens is 432 g/mol. The van der Waals surface area contributed by atoms with Crippen molar-refractivity contribution in [2.24, 2.45) is 5.92 Å². The van der Waals surface area contributed by atoms with E-state index in [1.807, 2.05) is 30.3 Å². The lowest BCUT2D eigenvalue weighted by Gasteiger charge is -2.32. The van der Waals surface area contributed by atoms with Gasteiger partial charge in [0.25, 0.3) is 0 Å². The number of ether oxygens (including phenoxy) is 1. The fraction of sp³-hybridized carbons (Fsp3) is 0.364. The highest BCUT2D eigenvalue weighted by Crippen LogP contribution is 2.29. The first-order valence-electron chi connectivity index (χ1n) is 10.4. The smallest absolute Gasteiger partial charge is 0.321 e. The Labute approximate surface area is 188 Å². The molecule has 0 aromatic heterocycles. The maximum atomic E-state index is 12.8. The van der Waals surface area contributed by atoms with Gasteiger partial charge in [0.05, 0.1) is 24.5 Å². The van der Waals surface area contributed by atoms with E-state index in [1.54, 1.807) is 23.1 Å². The zero-order valence-electron chi connectivity index (χ0n) is 18.1. The summed E-state index contributed by atoms with van der Waals surface area (Å²) >= 11 is 0. The third-order valence-electron chi connectivity index (χ3n) is 5.22. The number of likely N-dealkylation sites (tertiary alicyclic amines) is 1. The number of benzene rings is 2. The molecule has 1 aliphatic heterocycles. The zero-order chi connectivity index (χ0) is 23.1. The van der Waals surface area contributed by atoms with Gasteiger partial charge in [0, 0.05) is 30.5 Å². The molecule has 172 valence electrons. The molecule has 0 bridgehead atoms. The predicted octanol–water partition coefficient (Wildman–Crippen LogP) is 3.34. The van der Waals surface area contributed by atoms with Gasteiger partial charge in [-0.25, -0.2) is 13.2 Å². The van der Waals surface area contributed by atoms with Gasteiger partial charge in [0.2, 0.25) is 15.9 Å². The summed E-state index contributed by atoms with van der Waals surface area (Å²) in [5.74, 6) is -0.321. The summed E-state index contributed by atoms with van der Waals surface area (Å²) in [4.78, 5) is 27.0. The van der Waals surface area contributed by atoms with Gasteiger partial charge in [-0.1, -0.05) is 18.2 Å². The van der Waals surface area contributed by atoms with Crippen LogP contribution < -0.4 is 20.1 Å². The van der Waals surface area contributed by atoms with Crippen molar-refractivity contribution in [2.75, 3.05) is 41.3 Å². The number of nitrogens with one attached hydrogen (secondary N) is 3. The Balaban J connectivity index is 1.63. The average Bonchev–Trinajstić information content (AvgIpc) is 2.80. The van der Waals surface area contributed by atoms with Gasteiger partial charge in [-0.05, 0) is 44.0 Å². The van der Waals surface area contributed by atoms with E-state index < -0.39 is 10.0 Å². The number of sulfonamides is 1. The number of urea groups is 1. The standard InChI is InChI=1S/C22H28N4O5S/c1-3-32(29,30)25-19-12-11-18(14-20(19)31-2)23-21(27)16-8-7-13-26(15-16)22(28)24-17-9-5-4-6-10-17/h4-6,9-12,14,16,25H,3,7-8,13,15H2,1-2H3,(H,23,27)(H,24,28). The SMILES string of the molecule is CCS(=O)(=O)Nc1ccc(NC(=O)C2CCCN(C(=O)Nc3ccccc3)C2)cc1OC. The van der Waals surface area contributed by atoms with Gasteiger partial charge in [-0.2, -0.15) is 0 Å². The van der Waals surface area contributed by atoms with E-state index >= 15 is 0 Å². The Morgan fingerprint density at radius 1 is 1.09 bits per heavy atom. The van der Waals surface area contributed by atoms with Crippen molar-refractivity contribution < 1.29 is 22.7 Å². The summed E-state index contributed by atoms with van der Waals surface area (Å²) in [6.45, 7) is 2.44. The van der Waals surface area contributed by atoms with Crippen LogP contribution >= 0.6 is 0 Å². The number of rotatable bonds is 7. The summed E-state index contributed by atoms with van der Waals surface area (Å²) in [6, 6.07) is 13.7. The third-order valence-corrected chi connectivity index (χ3v) is 6.51. The minimum Gasteiger partial charge on any atom is -0.494 e. The quantitative estimate of drug-likeness (QED) is 0.586. The number of methoxy groups -OCH3 is 1. The number of nitrogens with zero attached hydrogens (tertiary/aromatic N) is 1. The first kappa shape index (κ1) is 23.4. The summed E-state index contributed by atoms with van der Waals surface area (Å²) in [6.07, 6.45) is 1.40. The molecule has 0 saturated carbocycles. The fourth-order valence-corrected chi connectivity index (χ4v) is 4.08. The van der Waals surface area contributed by atoms with Gasteiger partial charge >= 0.3 is 6.03 Å². The lowest BCUT2D eigenvalue weighted by atomic mass is 9.97. The predicted molar refractivity (Wildman–Crippen MR) is 124 cm³/mol. The number of piperidine rings is 1. The number of para-hydroxylation sites is 1. The van der Waals surface area contributed by atoms with Crippen molar-refractivity contribution in [2.45, 2.75) is 19.8 Å². The molecule has 1 aliphatic rings. The Hall–Kier alpha value is -3.27. The second-order valence-corrected chi connectivity index (χ2v) is 9.50. The molecule has 3 amide bonds. The number of hydrogen-bond donors (Lipinski definition) is 3.